The zero-order chi connectivity index (χ0) is 15.9. The maximum absolute atomic E-state index is 12.4. The van der Waals surface area contributed by atoms with Crippen molar-refractivity contribution in [1.29, 1.82) is 10.5 Å². The Bertz CT molecular complexity index is 585. The van der Waals surface area contributed by atoms with Gasteiger partial charge in [-0.25, -0.2) is 0 Å². The smallest absolute Gasteiger partial charge is 0.244 e. The van der Waals surface area contributed by atoms with Crippen LogP contribution in [0, 0.1) is 52.3 Å². The zero-order valence-corrected chi connectivity index (χ0v) is 11.9. The summed E-state index contributed by atoms with van der Waals surface area (Å²) in [5, 5.41) is 23.6. The Kier molecular flexibility index (Phi) is 3.58. The SMILES string of the molecule is N#C[C@@H]1C(=O)NC(=O)[C@H](C#N)C1[C@@H]1C(=O)N[C@H]2CCCC[C@H]21. The van der Waals surface area contributed by atoms with Gasteiger partial charge in [-0.1, -0.05) is 12.8 Å². The number of rotatable bonds is 1. The van der Waals surface area contributed by atoms with Crippen LogP contribution in [-0.4, -0.2) is 23.8 Å². The van der Waals surface area contributed by atoms with Crippen LogP contribution in [0.25, 0.3) is 0 Å². The number of hydrogen-bond acceptors (Lipinski definition) is 5. The van der Waals surface area contributed by atoms with Gasteiger partial charge in [0.25, 0.3) is 0 Å². The highest BCUT2D eigenvalue weighted by Gasteiger charge is 2.56. The largest absolute Gasteiger partial charge is 0.353 e. The minimum absolute atomic E-state index is 0.00310. The van der Waals surface area contributed by atoms with E-state index in [0.29, 0.717) is 0 Å². The van der Waals surface area contributed by atoms with Crippen LogP contribution in [0.5, 0.6) is 0 Å². The minimum atomic E-state index is -1.14. The van der Waals surface area contributed by atoms with Crippen molar-refractivity contribution in [1.82, 2.24) is 10.6 Å². The predicted octanol–water partition coefficient (Wildman–Crippen LogP) is -0.157. The van der Waals surface area contributed by atoms with Crippen molar-refractivity contribution < 1.29 is 14.4 Å². The summed E-state index contributed by atoms with van der Waals surface area (Å²) in [6.07, 6.45) is 3.69. The molecular weight excluding hydrogens is 284 g/mol. The molecule has 0 aromatic heterocycles. The fraction of sp³-hybridized carbons (Fsp3) is 0.667. The molecule has 2 aliphatic heterocycles. The number of fused-ring (bicyclic) bond motifs is 1. The van der Waals surface area contributed by atoms with Crippen LogP contribution in [0.4, 0.5) is 0 Å². The first-order valence-corrected chi connectivity index (χ1v) is 7.52. The average molecular weight is 300 g/mol. The van der Waals surface area contributed by atoms with Crippen LogP contribution in [0.2, 0.25) is 0 Å². The summed E-state index contributed by atoms with van der Waals surface area (Å²) in [5.41, 5.74) is 0. The normalized spacial score (nSPS) is 40.9. The molecule has 0 radical (unpaired) electrons. The second-order valence-corrected chi connectivity index (χ2v) is 6.23. The van der Waals surface area contributed by atoms with Crippen molar-refractivity contribution in [3.8, 4) is 12.1 Å². The quantitative estimate of drug-likeness (QED) is 0.651. The maximum Gasteiger partial charge on any atom is 0.244 e. The van der Waals surface area contributed by atoms with Gasteiger partial charge in [0.05, 0.1) is 12.1 Å². The molecule has 7 heteroatoms. The molecule has 3 rings (SSSR count). The molecule has 114 valence electrons. The first kappa shape index (κ1) is 14.5. The lowest BCUT2D eigenvalue weighted by Crippen LogP contribution is -2.54. The van der Waals surface area contributed by atoms with Gasteiger partial charge in [-0.15, -0.1) is 0 Å². The van der Waals surface area contributed by atoms with Crippen molar-refractivity contribution in [3.05, 3.63) is 0 Å². The van der Waals surface area contributed by atoms with E-state index in [-0.39, 0.29) is 17.9 Å². The summed E-state index contributed by atoms with van der Waals surface area (Å²) in [4.78, 5) is 36.3. The van der Waals surface area contributed by atoms with Gasteiger partial charge in [0.15, 0.2) is 0 Å². The van der Waals surface area contributed by atoms with Crippen molar-refractivity contribution in [2.24, 2.45) is 29.6 Å². The molecule has 3 amide bonds. The van der Waals surface area contributed by atoms with E-state index in [1.165, 1.54) is 0 Å². The van der Waals surface area contributed by atoms with Crippen LogP contribution >= 0.6 is 0 Å². The highest BCUT2D eigenvalue weighted by atomic mass is 16.2. The number of piperidine rings is 1. The summed E-state index contributed by atoms with van der Waals surface area (Å²) in [6, 6.07) is 3.80. The Morgan fingerprint density at radius 2 is 1.50 bits per heavy atom. The highest BCUT2D eigenvalue weighted by Crippen LogP contribution is 2.44. The molecule has 2 heterocycles. The fourth-order valence-corrected chi connectivity index (χ4v) is 4.23. The van der Waals surface area contributed by atoms with E-state index >= 15 is 0 Å². The van der Waals surface area contributed by atoms with Gasteiger partial charge in [0, 0.05) is 17.9 Å². The van der Waals surface area contributed by atoms with Gasteiger partial charge < -0.3 is 5.32 Å². The molecule has 1 aliphatic carbocycles. The maximum atomic E-state index is 12.4. The van der Waals surface area contributed by atoms with Gasteiger partial charge in [-0.2, -0.15) is 10.5 Å². The van der Waals surface area contributed by atoms with Crippen LogP contribution in [0.15, 0.2) is 0 Å². The molecule has 3 fully saturated rings. The molecule has 0 aromatic carbocycles. The number of carbonyl (C=O) groups excluding carboxylic acids is 3. The Morgan fingerprint density at radius 3 is 2.09 bits per heavy atom. The standard InChI is InChI=1S/C15H16N4O3/c16-5-8-11(9(6-17)14(21)19-13(8)20)12-7-3-1-2-4-10(7)18-15(12)22/h7-12H,1-4H2,(H,18,22)(H,19,20,21)/t7-,8-,9+,10+,11?,12-/m1/s1. The van der Waals surface area contributed by atoms with Gasteiger partial charge in [0.1, 0.15) is 11.8 Å². The molecule has 0 aromatic rings. The molecule has 0 spiro atoms. The second-order valence-electron chi connectivity index (χ2n) is 6.23. The first-order chi connectivity index (χ1) is 10.6. The Balaban J connectivity index is 2.00. The third-order valence-electron chi connectivity index (χ3n) is 5.19. The predicted molar refractivity (Wildman–Crippen MR) is 72.2 cm³/mol. The summed E-state index contributed by atoms with van der Waals surface area (Å²) >= 11 is 0. The number of carbonyl (C=O) groups is 3. The van der Waals surface area contributed by atoms with Gasteiger partial charge in [-0.3, -0.25) is 19.7 Å². The van der Waals surface area contributed by atoms with Crippen molar-refractivity contribution in [3.63, 3.8) is 0 Å². The van der Waals surface area contributed by atoms with Gasteiger partial charge >= 0.3 is 0 Å². The zero-order valence-electron chi connectivity index (χ0n) is 11.9. The topological polar surface area (TPSA) is 123 Å². The van der Waals surface area contributed by atoms with E-state index < -0.39 is 35.5 Å². The second kappa shape index (κ2) is 5.42. The lowest BCUT2D eigenvalue weighted by atomic mass is 9.65. The van der Waals surface area contributed by atoms with Gasteiger partial charge in [-0.05, 0) is 18.8 Å². The van der Waals surface area contributed by atoms with Crippen molar-refractivity contribution >= 4 is 17.7 Å². The summed E-state index contributed by atoms with van der Waals surface area (Å²) in [7, 11) is 0. The van der Waals surface area contributed by atoms with Crippen LogP contribution in [-0.2, 0) is 14.4 Å². The molecule has 0 bridgehead atoms. The third-order valence-corrected chi connectivity index (χ3v) is 5.19. The average Bonchev–Trinajstić information content (AvgIpc) is 2.82. The van der Waals surface area contributed by atoms with E-state index in [4.69, 9.17) is 0 Å². The third kappa shape index (κ3) is 2.05. The number of nitrogens with zero attached hydrogens (tertiary/aromatic N) is 2. The number of nitriles is 2. The van der Waals surface area contributed by atoms with Gasteiger partial charge in [0.2, 0.25) is 17.7 Å². The molecule has 3 aliphatic rings. The monoisotopic (exact) mass is 300 g/mol. The number of imide groups is 1. The van der Waals surface area contributed by atoms with Crippen molar-refractivity contribution in [2.75, 3.05) is 0 Å². The van der Waals surface area contributed by atoms with Crippen LogP contribution in [0.1, 0.15) is 25.7 Å². The first-order valence-electron chi connectivity index (χ1n) is 7.52. The summed E-state index contributed by atoms with van der Waals surface area (Å²) in [5.74, 6) is -5.38. The van der Waals surface area contributed by atoms with Crippen LogP contribution in [0.3, 0.4) is 0 Å². The molecule has 1 saturated carbocycles. The number of nitrogens with one attached hydrogen (secondary N) is 2. The van der Waals surface area contributed by atoms with E-state index in [0.717, 1.165) is 25.7 Å². The number of amides is 3. The summed E-state index contributed by atoms with van der Waals surface area (Å²) < 4.78 is 0. The Hall–Kier alpha value is -2.41. The molecule has 2 saturated heterocycles. The molecule has 1 unspecified atom stereocenters. The Labute approximate surface area is 127 Å². The Morgan fingerprint density at radius 1 is 0.909 bits per heavy atom. The molecule has 6 atom stereocenters. The van der Waals surface area contributed by atoms with Crippen LogP contribution < -0.4 is 10.6 Å². The highest BCUT2D eigenvalue weighted by molar-refractivity contribution is 6.03. The number of hydrogen-bond donors (Lipinski definition) is 2. The molecular formula is C15H16N4O3. The minimum Gasteiger partial charge on any atom is -0.353 e. The lowest BCUT2D eigenvalue weighted by Gasteiger charge is -2.36. The van der Waals surface area contributed by atoms with E-state index in [2.05, 4.69) is 10.6 Å². The fourth-order valence-electron chi connectivity index (χ4n) is 4.23. The molecule has 7 nitrogen and oxygen atoms in total. The van der Waals surface area contributed by atoms with E-state index in [1.54, 1.807) is 0 Å². The summed E-state index contributed by atoms with van der Waals surface area (Å²) in [6.45, 7) is 0. The van der Waals surface area contributed by atoms with Crippen molar-refractivity contribution in [2.45, 2.75) is 31.7 Å². The molecule has 22 heavy (non-hydrogen) atoms. The molecule has 2 N–H and O–H groups in total. The van der Waals surface area contributed by atoms with E-state index in [1.807, 2.05) is 12.1 Å². The van der Waals surface area contributed by atoms with E-state index in [9.17, 15) is 24.9 Å². The lowest BCUT2D eigenvalue weighted by molar-refractivity contribution is -0.143.